The minimum atomic E-state index is -3.44. The Hall–Kier alpha value is -1.63. The molecule has 2 aromatic rings. The largest absolute Gasteiger partial charge is 0.469 e. The first-order chi connectivity index (χ1) is 10.1. The summed E-state index contributed by atoms with van der Waals surface area (Å²) >= 11 is 0. The van der Waals surface area contributed by atoms with Crippen LogP contribution in [0.5, 0.6) is 0 Å². The summed E-state index contributed by atoms with van der Waals surface area (Å²) in [7, 11) is -3.44. The Balaban J connectivity index is 1.61. The molecule has 0 bridgehead atoms. The molecular weight excluding hydrogens is 288 g/mol. The van der Waals surface area contributed by atoms with Gasteiger partial charge in [-0.05, 0) is 29.7 Å². The summed E-state index contributed by atoms with van der Waals surface area (Å²) in [5, 5.41) is 0. The number of hydrogen-bond donors (Lipinski definition) is 1. The summed E-state index contributed by atoms with van der Waals surface area (Å²) < 4.78 is 33.9. The number of furan rings is 1. The van der Waals surface area contributed by atoms with Crippen molar-refractivity contribution in [1.82, 2.24) is 9.03 Å². The van der Waals surface area contributed by atoms with E-state index in [9.17, 15) is 8.42 Å². The van der Waals surface area contributed by atoms with Crippen molar-refractivity contribution in [1.29, 1.82) is 0 Å². The molecule has 1 aromatic heterocycles. The lowest BCUT2D eigenvalue weighted by Gasteiger charge is -2.28. The van der Waals surface area contributed by atoms with E-state index in [1.807, 2.05) is 24.3 Å². The second kappa shape index (κ2) is 6.01. The second-order valence-electron chi connectivity index (χ2n) is 5.08. The predicted molar refractivity (Wildman–Crippen MR) is 79.9 cm³/mol. The van der Waals surface area contributed by atoms with Gasteiger partial charge < -0.3 is 4.42 Å². The van der Waals surface area contributed by atoms with E-state index in [0.717, 1.165) is 17.7 Å². The van der Waals surface area contributed by atoms with Gasteiger partial charge in [0.15, 0.2) is 0 Å². The maximum atomic E-state index is 12.3. The van der Waals surface area contributed by atoms with Crippen molar-refractivity contribution in [2.45, 2.75) is 19.4 Å². The van der Waals surface area contributed by atoms with Crippen LogP contribution in [0, 0.1) is 0 Å². The van der Waals surface area contributed by atoms with Crippen LogP contribution in [0.15, 0.2) is 47.1 Å². The first-order valence-electron chi connectivity index (χ1n) is 6.99. The molecule has 0 amide bonds. The smallest absolute Gasteiger partial charge is 0.279 e. The van der Waals surface area contributed by atoms with Crippen molar-refractivity contribution in [3.8, 4) is 0 Å². The van der Waals surface area contributed by atoms with Gasteiger partial charge in [0, 0.05) is 26.1 Å². The zero-order chi connectivity index (χ0) is 14.7. The number of fused-ring (bicyclic) bond motifs is 1. The Morgan fingerprint density at radius 3 is 2.71 bits per heavy atom. The number of hydrogen-bond acceptors (Lipinski definition) is 3. The first-order valence-corrected chi connectivity index (χ1v) is 8.43. The van der Waals surface area contributed by atoms with Gasteiger partial charge in [-0.15, -0.1) is 0 Å². The van der Waals surface area contributed by atoms with E-state index >= 15 is 0 Å². The average Bonchev–Trinajstić information content (AvgIpc) is 3.00. The van der Waals surface area contributed by atoms with Gasteiger partial charge >= 0.3 is 0 Å². The van der Waals surface area contributed by atoms with Crippen molar-refractivity contribution < 1.29 is 12.8 Å². The van der Waals surface area contributed by atoms with Crippen LogP contribution < -0.4 is 4.72 Å². The van der Waals surface area contributed by atoms with Crippen LogP contribution in [-0.2, 0) is 29.6 Å². The maximum absolute atomic E-state index is 12.3. The van der Waals surface area contributed by atoms with Crippen molar-refractivity contribution in [2.75, 3.05) is 13.1 Å². The quantitative estimate of drug-likeness (QED) is 0.915. The molecule has 0 aliphatic carbocycles. The van der Waals surface area contributed by atoms with Crippen molar-refractivity contribution >= 4 is 10.2 Å². The van der Waals surface area contributed by atoms with Crippen molar-refractivity contribution in [3.63, 3.8) is 0 Å². The van der Waals surface area contributed by atoms with E-state index in [0.29, 0.717) is 26.1 Å². The highest BCUT2D eigenvalue weighted by molar-refractivity contribution is 7.87. The van der Waals surface area contributed by atoms with Gasteiger partial charge in [0.25, 0.3) is 10.2 Å². The van der Waals surface area contributed by atoms with Gasteiger partial charge in [-0.3, -0.25) is 0 Å². The van der Waals surface area contributed by atoms with Crippen molar-refractivity contribution in [2.24, 2.45) is 0 Å². The topological polar surface area (TPSA) is 62.6 Å². The normalized spacial score (nSPS) is 15.8. The van der Waals surface area contributed by atoms with Gasteiger partial charge in [-0.25, -0.2) is 4.72 Å². The van der Waals surface area contributed by atoms with Crippen LogP contribution in [0.3, 0.4) is 0 Å². The highest BCUT2D eigenvalue weighted by Crippen LogP contribution is 2.20. The molecule has 0 spiro atoms. The molecule has 1 aliphatic heterocycles. The molecule has 1 N–H and O–H groups in total. The zero-order valence-corrected chi connectivity index (χ0v) is 12.5. The van der Waals surface area contributed by atoms with E-state index in [1.165, 1.54) is 9.87 Å². The average molecular weight is 306 g/mol. The first kappa shape index (κ1) is 14.3. The van der Waals surface area contributed by atoms with Crippen LogP contribution in [0.25, 0.3) is 0 Å². The lowest BCUT2D eigenvalue weighted by molar-refractivity contribution is 0.383. The van der Waals surface area contributed by atoms with Crippen LogP contribution in [0.4, 0.5) is 0 Å². The van der Waals surface area contributed by atoms with E-state index in [2.05, 4.69) is 10.8 Å². The molecule has 0 saturated carbocycles. The molecule has 21 heavy (non-hydrogen) atoms. The number of nitrogens with zero attached hydrogens (tertiary/aromatic N) is 1. The SMILES string of the molecule is O=S(=O)(NCCc1ccco1)N1CCc2ccccc2C1. The molecule has 112 valence electrons. The van der Waals surface area contributed by atoms with Gasteiger partial charge in [0.2, 0.25) is 0 Å². The molecule has 1 aliphatic rings. The van der Waals surface area contributed by atoms with Gasteiger partial charge in [0.05, 0.1) is 6.26 Å². The molecule has 5 nitrogen and oxygen atoms in total. The Morgan fingerprint density at radius 2 is 1.95 bits per heavy atom. The van der Waals surface area contributed by atoms with Gasteiger partial charge in [-0.1, -0.05) is 24.3 Å². The molecule has 1 aromatic carbocycles. The molecule has 0 radical (unpaired) electrons. The standard InChI is InChI=1S/C15H18N2O3S/c18-21(19,16-9-7-15-6-3-11-20-15)17-10-8-13-4-1-2-5-14(13)12-17/h1-6,11,16H,7-10,12H2. The highest BCUT2D eigenvalue weighted by Gasteiger charge is 2.25. The molecule has 3 rings (SSSR count). The summed E-state index contributed by atoms with van der Waals surface area (Å²) in [5.74, 6) is 0.779. The fraction of sp³-hybridized carbons (Fsp3) is 0.333. The molecule has 0 unspecified atom stereocenters. The molecular formula is C15H18N2O3S. The fourth-order valence-electron chi connectivity index (χ4n) is 2.52. The zero-order valence-electron chi connectivity index (χ0n) is 11.7. The van der Waals surface area contributed by atoms with E-state index in [1.54, 1.807) is 12.3 Å². The predicted octanol–water partition coefficient (Wildman–Crippen LogP) is 1.71. The maximum Gasteiger partial charge on any atom is 0.279 e. The Bertz CT molecular complexity index is 695. The van der Waals surface area contributed by atoms with E-state index < -0.39 is 10.2 Å². The minimum absolute atomic E-state index is 0.341. The number of nitrogens with one attached hydrogen (secondary N) is 1. The highest BCUT2D eigenvalue weighted by atomic mass is 32.2. The fourth-order valence-corrected chi connectivity index (χ4v) is 3.71. The lowest BCUT2D eigenvalue weighted by atomic mass is 10.0. The molecule has 0 saturated heterocycles. The number of benzene rings is 1. The van der Waals surface area contributed by atoms with Gasteiger partial charge in [0.1, 0.15) is 5.76 Å². The van der Waals surface area contributed by atoms with E-state index in [-0.39, 0.29) is 0 Å². The van der Waals surface area contributed by atoms with Crippen LogP contribution in [0.2, 0.25) is 0 Å². The monoisotopic (exact) mass is 306 g/mol. The molecule has 0 fully saturated rings. The molecule has 0 atom stereocenters. The Labute approximate surface area is 124 Å². The molecule has 6 heteroatoms. The van der Waals surface area contributed by atoms with E-state index in [4.69, 9.17) is 4.42 Å². The summed E-state index contributed by atoms with van der Waals surface area (Å²) in [6, 6.07) is 11.6. The van der Waals surface area contributed by atoms with Crippen LogP contribution in [-0.4, -0.2) is 25.8 Å². The third-order valence-electron chi connectivity index (χ3n) is 3.67. The van der Waals surface area contributed by atoms with Crippen molar-refractivity contribution in [3.05, 3.63) is 59.5 Å². The summed E-state index contributed by atoms with van der Waals surface area (Å²) in [6.07, 6.45) is 2.90. The van der Waals surface area contributed by atoms with Crippen LogP contribution in [0.1, 0.15) is 16.9 Å². The minimum Gasteiger partial charge on any atom is -0.469 e. The summed E-state index contributed by atoms with van der Waals surface area (Å²) in [5.41, 5.74) is 2.32. The number of rotatable bonds is 5. The second-order valence-corrected chi connectivity index (χ2v) is 6.84. The lowest BCUT2D eigenvalue weighted by Crippen LogP contribution is -2.43. The third kappa shape index (κ3) is 3.34. The van der Waals surface area contributed by atoms with Crippen LogP contribution >= 0.6 is 0 Å². The van der Waals surface area contributed by atoms with Gasteiger partial charge in [-0.2, -0.15) is 12.7 Å². The third-order valence-corrected chi connectivity index (χ3v) is 5.23. The Morgan fingerprint density at radius 1 is 1.14 bits per heavy atom. The summed E-state index contributed by atoms with van der Waals surface area (Å²) in [4.78, 5) is 0. The summed E-state index contributed by atoms with van der Waals surface area (Å²) in [6.45, 7) is 1.30. The molecule has 2 heterocycles. The Kier molecular flexibility index (Phi) is 4.10.